The second-order valence-electron chi connectivity index (χ2n) is 3.71. The smallest absolute Gasteiger partial charge is 0.249 e. The van der Waals surface area contributed by atoms with Gasteiger partial charge in [0.25, 0.3) is 0 Å². The molecule has 0 aliphatic rings. The summed E-state index contributed by atoms with van der Waals surface area (Å²) in [4.78, 5) is 11.6. The summed E-state index contributed by atoms with van der Waals surface area (Å²) in [6, 6.07) is 6.85. The van der Waals surface area contributed by atoms with Gasteiger partial charge in [0.1, 0.15) is 6.10 Å². The predicted molar refractivity (Wildman–Crippen MR) is 68.9 cm³/mol. The van der Waals surface area contributed by atoms with Crippen LogP contribution >= 0.6 is 11.6 Å². The highest BCUT2D eigenvalue weighted by Gasteiger charge is 2.19. The Hall–Kier alpha value is -1.32. The van der Waals surface area contributed by atoms with E-state index in [-0.39, 0.29) is 11.5 Å². The highest BCUT2D eigenvalue weighted by Crippen LogP contribution is 2.27. The molecular formula is C13H16ClNO2. The van der Waals surface area contributed by atoms with Crippen molar-refractivity contribution in [1.82, 2.24) is 5.32 Å². The van der Waals surface area contributed by atoms with Crippen LogP contribution in [0.2, 0.25) is 5.02 Å². The minimum atomic E-state index is -1.07. The van der Waals surface area contributed by atoms with Crippen molar-refractivity contribution in [2.75, 3.05) is 6.54 Å². The molecule has 17 heavy (non-hydrogen) atoms. The summed E-state index contributed by atoms with van der Waals surface area (Å²) in [5, 5.41) is 13.1. The molecule has 0 fully saturated rings. The summed E-state index contributed by atoms with van der Waals surface area (Å²) in [6.07, 6.45) is -0.234. The lowest BCUT2D eigenvalue weighted by atomic mass is 10.0. The van der Waals surface area contributed by atoms with Crippen molar-refractivity contribution >= 4 is 17.5 Å². The summed E-state index contributed by atoms with van der Waals surface area (Å²) in [7, 11) is 0. The van der Waals surface area contributed by atoms with Crippen molar-refractivity contribution in [2.24, 2.45) is 0 Å². The van der Waals surface area contributed by atoms with E-state index in [2.05, 4.69) is 11.9 Å². The molecule has 1 rings (SSSR count). The molecule has 2 N–H and O–H groups in total. The van der Waals surface area contributed by atoms with E-state index in [1.54, 1.807) is 24.3 Å². The maximum absolute atomic E-state index is 11.6. The Labute approximate surface area is 106 Å². The number of aliphatic hydroxyl groups excluding tert-OH is 1. The molecule has 0 heterocycles. The van der Waals surface area contributed by atoms with Crippen LogP contribution in [0.5, 0.6) is 0 Å². The van der Waals surface area contributed by atoms with Gasteiger partial charge in [0.15, 0.2) is 0 Å². The van der Waals surface area contributed by atoms with Gasteiger partial charge in [-0.3, -0.25) is 4.79 Å². The van der Waals surface area contributed by atoms with Crippen LogP contribution in [0.1, 0.15) is 25.0 Å². The van der Waals surface area contributed by atoms with Crippen LogP contribution in [0.15, 0.2) is 36.4 Å². The van der Waals surface area contributed by atoms with Crippen LogP contribution in [-0.2, 0) is 4.79 Å². The lowest BCUT2D eigenvalue weighted by Gasteiger charge is -2.15. The highest BCUT2D eigenvalue weighted by molar-refractivity contribution is 6.31. The van der Waals surface area contributed by atoms with Crippen LogP contribution < -0.4 is 5.32 Å². The van der Waals surface area contributed by atoms with Crippen molar-refractivity contribution in [3.05, 3.63) is 47.0 Å². The maximum Gasteiger partial charge on any atom is 0.249 e. The predicted octanol–water partition coefficient (Wildman–Crippen LogP) is 2.46. The molecule has 0 spiro atoms. The standard InChI is InChI=1S/C13H16ClNO2/c1-3-8-15-13(17)9(2)12(16)10-6-4-5-7-11(10)14/h4-7,12,16H,2-3,8H2,1H3,(H,15,17). The number of benzene rings is 1. The Balaban J connectivity index is 2.76. The molecule has 1 atom stereocenters. The molecule has 0 radical (unpaired) electrons. The molecule has 1 amide bonds. The Kier molecular flexibility index (Phi) is 5.19. The second-order valence-corrected chi connectivity index (χ2v) is 4.11. The lowest BCUT2D eigenvalue weighted by Crippen LogP contribution is -2.27. The van der Waals surface area contributed by atoms with E-state index >= 15 is 0 Å². The number of rotatable bonds is 5. The Morgan fingerprint density at radius 1 is 1.53 bits per heavy atom. The van der Waals surface area contributed by atoms with Crippen molar-refractivity contribution in [3.63, 3.8) is 0 Å². The largest absolute Gasteiger partial charge is 0.383 e. The van der Waals surface area contributed by atoms with Gasteiger partial charge in [-0.25, -0.2) is 0 Å². The zero-order valence-corrected chi connectivity index (χ0v) is 10.5. The van der Waals surface area contributed by atoms with Crippen LogP contribution in [0, 0.1) is 0 Å². The number of carbonyl (C=O) groups excluding carboxylic acids is 1. The third-order valence-corrected chi connectivity index (χ3v) is 2.70. The van der Waals surface area contributed by atoms with Crippen LogP contribution in [0.3, 0.4) is 0 Å². The van der Waals surface area contributed by atoms with E-state index in [4.69, 9.17) is 11.6 Å². The van der Waals surface area contributed by atoms with E-state index in [0.717, 1.165) is 6.42 Å². The summed E-state index contributed by atoms with van der Waals surface area (Å²) in [5.41, 5.74) is 0.595. The monoisotopic (exact) mass is 253 g/mol. The van der Waals surface area contributed by atoms with E-state index in [1.807, 2.05) is 6.92 Å². The number of carbonyl (C=O) groups is 1. The van der Waals surface area contributed by atoms with Gasteiger partial charge in [-0.2, -0.15) is 0 Å². The zero-order chi connectivity index (χ0) is 12.8. The Morgan fingerprint density at radius 2 is 2.18 bits per heavy atom. The fraction of sp³-hybridized carbons (Fsp3) is 0.308. The third kappa shape index (κ3) is 3.58. The van der Waals surface area contributed by atoms with Crippen LogP contribution in [-0.4, -0.2) is 17.6 Å². The first-order chi connectivity index (χ1) is 8.07. The number of aliphatic hydroxyl groups is 1. The van der Waals surface area contributed by atoms with Gasteiger partial charge < -0.3 is 10.4 Å². The van der Waals surface area contributed by atoms with Crippen LogP contribution in [0.4, 0.5) is 0 Å². The number of hydrogen-bond acceptors (Lipinski definition) is 2. The first-order valence-electron chi connectivity index (χ1n) is 5.47. The summed E-state index contributed by atoms with van der Waals surface area (Å²) < 4.78 is 0. The molecule has 1 unspecified atom stereocenters. The van der Waals surface area contributed by atoms with Gasteiger partial charge in [-0.1, -0.05) is 43.3 Å². The Bertz CT molecular complexity index is 418. The average molecular weight is 254 g/mol. The molecule has 3 nitrogen and oxygen atoms in total. The topological polar surface area (TPSA) is 49.3 Å². The summed E-state index contributed by atoms with van der Waals surface area (Å²) in [6.45, 7) is 6.12. The van der Waals surface area contributed by atoms with E-state index < -0.39 is 6.10 Å². The van der Waals surface area contributed by atoms with Crippen molar-refractivity contribution in [1.29, 1.82) is 0 Å². The molecule has 1 aromatic carbocycles. The summed E-state index contributed by atoms with van der Waals surface area (Å²) in [5.74, 6) is -0.348. The minimum absolute atomic E-state index is 0.103. The molecule has 0 saturated carbocycles. The van der Waals surface area contributed by atoms with Gasteiger partial charge in [-0.05, 0) is 12.5 Å². The van der Waals surface area contributed by atoms with Crippen LogP contribution in [0.25, 0.3) is 0 Å². The fourth-order valence-electron chi connectivity index (χ4n) is 1.36. The van der Waals surface area contributed by atoms with Gasteiger partial charge in [0, 0.05) is 22.7 Å². The molecule has 0 aliphatic carbocycles. The lowest BCUT2D eigenvalue weighted by molar-refractivity contribution is -0.118. The van der Waals surface area contributed by atoms with Crippen molar-refractivity contribution < 1.29 is 9.90 Å². The molecule has 4 heteroatoms. The first-order valence-corrected chi connectivity index (χ1v) is 5.85. The normalized spacial score (nSPS) is 11.9. The fourth-order valence-corrected chi connectivity index (χ4v) is 1.60. The summed E-state index contributed by atoms with van der Waals surface area (Å²) >= 11 is 5.94. The number of hydrogen-bond donors (Lipinski definition) is 2. The average Bonchev–Trinajstić information content (AvgIpc) is 2.34. The van der Waals surface area contributed by atoms with Gasteiger partial charge in [-0.15, -0.1) is 0 Å². The number of nitrogens with one attached hydrogen (secondary N) is 1. The van der Waals surface area contributed by atoms with E-state index in [0.29, 0.717) is 17.1 Å². The molecule has 0 saturated heterocycles. The van der Waals surface area contributed by atoms with Gasteiger partial charge >= 0.3 is 0 Å². The molecule has 92 valence electrons. The minimum Gasteiger partial charge on any atom is -0.383 e. The zero-order valence-electron chi connectivity index (χ0n) is 9.74. The van der Waals surface area contributed by atoms with Crippen molar-refractivity contribution in [2.45, 2.75) is 19.4 Å². The quantitative estimate of drug-likeness (QED) is 0.792. The first kappa shape index (κ1) is 13.7. The Morgan fingerprint density at radius 3 is 2.76 bits per heavy atom. The molecule has 1 aromatic rings. The number of halogens is 1. The molecule has 0 aromatic heterocycles. The van der Waals surface area contributed by atoms with Crippen molar-refractivity contribution in [3.8, 4) is 0 Å². The number of amides is 1. The highest BCUT2D eigenvalue weighted by atomic mass is 35.5. The molecule has 0 bridgehead atoms. The molecule has 0 aliphatic heterocycles. The third-order valence-electron chi connectivity index (χ3n) is 2.36. The van der Waals surface area contributed by atoms with E-state index in [9.17, 15) is 9.90 Å². The van der Waals surface area contributed by atoms with Gasteiger partial charge in [0.2, 0.25) is 5.91 Å². The molecular weight excluding hydrogens is 238 g/mol. The van der Waals surface area contributed by atoms with Gasteiger partial charge in [0.05, 0.1) is 0 Å². The second kappa shape index (κ2) is 6.42. The SMILES string of the molecule is C=C(C(=O)NCCC)C(O)c1ccccc1Cl. The maximum atomic E-state index is 11.6. The van der Waals surface area contributed by atoms with E-state index in [1.165, 1.54) is 0 Å².